The maximum atomic E-state index is 13.7. The van der Waals surface area contributed by atoms with E-state index < -0.39 is 11.0 Å². The molecule has 1 unspecified atom stereocenters. The van der Waals surface area contributed by atoms with Gasteiger partial charge >= 0.3 is 0 Å². The van der Waals surface area contributed by atoms with Crippen LogP contribution in [0.25, 0.3) is 0 Å². The number of hydrogen-bond acceptors (Lipinski definition) is 2. The van der Waals surface area contributed by atoms with Crippen molar-refractivity contribution < 1.29 is 9.59 Å². The van der Waals surface area contributed by atoms with Gasteiger partial charge in [-0.2, -0.15) is 0 Å². The highest BCUT2D eigenvalue weighted by Crippen LogP contribution is 2.45. The van der Waals surface area contributed by atoms with Gasteiger partial charge in [0.2, 0.25) is 11.8 Å². The van der Waals surface area contributed by atoms with Gasteiger partial charge in [-0.05, 0) is 49.4 Å². The van der Waals surface area contributed by atoms with Crippen LogP contribution in [0.4, 0.5) is 0 Å². The third kappa shape index (κ3) is 3.55. The highest BCUT2D eigenvalue weighted by atomic mass is 35.5. The Morgan fingerprint density at radius 2 is 1.66 bits per heavy atom. The molecule has 2 aromatic carbocycles. The van der Waals surface area contributed by atoms with Gasteiger partial charge in [-0.3, -0.25) is 9.59 Å². The molecule has 5 heteroatoms. The van der Waals surface area contributed by atoms with Gasteiger partial charge in [0.05, 0.1) is 5.41 Å². The molecule has 0 spiro atoms. The number of rotatable bonds is 5. The van der Waals surface area contributed by atoms with Crippen molar-refractivity contribution in [2.45, 2.75) is 56.5 Å². The fraction of sp³-hybridized carbons (Fsp3) is 0.417. The first-order valence-corrected chi connectivity index (χ1v) is 10.7. The highest BCUT2D eigenvalue weighted by molar-refractivity contribution is 6.30. The van der Waals surface area contributed by atoms with E-state index in [4.69, 9.17) is 11.6 Å². The Hall–Kier alpha value is -2.33. The first kappa shape index (κ1) is 20.0. The summed E-state index contributed by atoms with van der Waals surface area (Å²) in [4.78, 5) is 28.5. The predicted octanol–water partition coefficient (Wildman–Crippen LogP) is 4.46. The van der Waals surface area contributed by atoms with E-state index in [2.05, 4.69) is 17.4 Å². The summed E-state index contributed by atoms with van der Waals surface area (Å²) >= 11 is 5.93. The molecule has 1 atom stereocenters. The van der Waals surface area contributed by atoms with E-state index in [1.165, 1.54) is 0 Å². The van der Waals surface area contributed by atoms with Crippen LogP contribution in [-0.4, -0.2) is 28.8 Å². The quantitative estimate of drug-likeness (QED) is 0.791. The summed E-state index contributed by atoms with van der Waals surface area (Å²) in [6.07, 6.45) is 4.50. The molecule has 0 aromatic heterocycles. The minimum absolute atomic E-state index is 0.0896. The summed E-state index contributed by atoms with van der Waals surface area (Å²) in [5, 5.41) is 3.68. The Kier molecular flexibility index (Phi) is 5.39. The maximum absolute atomic E-state index is 13.7. The zero-order chi connectivity index (χ0) is 20.5. The van der Waals surface area contributed by atoms with Crippen molar-refractivity contribution in [3.63, 3.8) is 0 Å². The molecule has 0 bridgehead atoms. The smallest absolute Gasteiger partial charge is 0.246 e. The second-order valence-electron chi connectivity index (χ2n) is 8.45. The molecular weight excluding hydrogens is 384 g/mol. The molecule has 29 heavy (non-hydrogen) atoms. The number of halogens is 1. The summed E-state index contributed by atoms with van der Waals surface area (Å²) in [5.41, 5.74) is 0.797. The van der Waals surface area contributed by atoms with Crippen molar-refractivity contribution in [2.24, 2.45) is 0 Å². The van der Waals surface area contributed by atoms with E-state index in [1.54, 1.807) is 0 Å². The maximum Gasteiger partial charge on any atom is 0.246 e. The number of carbonyl (C=O) groups is 2. The number of likely N-dealkylation sites (tertiary alicyclic amines) is 1. The summed E-state index contributed by atoms with van der Waals surface area (Å²) in [6, 6.07) is 17.5. The Morgan fingerprint density at radius 3 is 2.24 bits per heavy atom. The van der Waals surface area contributed by atoms with E-state index in [0.29, 0.717) is 24.5 Å². The van der Waals surface area contributed by atoms with E-state index in [0.717, 1.165) is 36.8 Å². The third-order valence-corrected chi connectivity index (χ3v) is 6.96. The van der Waals surface area contributed by atoms with E-state index in [-0.39, 0.29) is 11.8 Å². The fourth-order valence-corrected chi connectivity index (χ4v) is 4.84. The molecule has 4 rings (SSSR count). The monoisotopic (exact) mass is 410 g/mol. The lowest BCUT2D eigenvalue weighted by atomic mass is 9.74. The lowest BCUT2D eigenvalue weighted by Gasteiger charge is -2.52. The predicted molar refractivity (Wildman–Crippen MR) is 115 cm³/mol. The molecule has 1 aliphatic heterocycles. The Morgan fingerprint density at radius 1 is 1.00 bits per heavy atom. The van der Waals surface area contributed by atoms with Crippen molar-refractivity contribution in [3.05, 3.63) is 70.7 Å². The molecule has 0 radical (unpaired) electrons. The average molecular weight is 411 g/mol. The summed E-state index contributed by atoms with van der Waals surface area (Å²) in [7, 11) is 0. The molecule has 2 amide bonds. The Balaban J connectivity index is 1.50. The number of amides is 2. The van der Waals surface area contributed by atoms with Gasteiger partial charge in [-0.25, -0.2) is 0 Å². The first-order chi connectivity index (χ1) is 14.0. The van der Waals surface area contributed by atoms with Gasteiger partial charge in [0.25, 0.3) is 0 Å². The van der Waals surface area contributed by atoms with Crippen molar-refractivity contribution in [1.29, 1.82) is 0 Å². The number of nitrogens with one attached hydrogen (secondary N) is 1. The van der Waals surface area contributed by atoms with Crippen LogP contribution in [0.15, 0.2) is 54.6 Å². The van der Waals surface area contributed by atoms with Gasteiger partial charge in [0, 0.05) is 18.1 Å². The fourth-order valence-electron chi connectivity index (χ4n) is 4.72. The van der Waals surface area contributed by atoms with E-state index in [1.807, 2.05) is 54.3 Å². The Bertz CT molecular complexity index is 891. The highest BCUT2D eigenvalue weighted by Gasteiger charge is 2.55. The third-order valence-electron chi connectivity index (χ3n) is 6.71. The standard InChI is InChI=1S/C24H27ClN2O2/c1-23(21(28)26-17-18-9-11-20(25)12-10-18)15-16-27(23)22(29)24(13-5-6-14-24)19-7-3-2-4-8-19/h2-4,7-12H,5-6,13-17H2,1H3,(H,26,28). The van der Waals surface area contributed by atoms with Gasteiger partial charge in [0.1, 0.15) is 5.54 Å². The molecule has 1 saturated carbocycles. The molecule has 2 aliphatic rings. The molecule has 2 aromatic rings. The largest absolute Gasteiger partial charge is 0.350 e. The number of benzene rings is 2. The van der Waals surface area contributed by atoms with Crippen LogP contribution in [-0.2, 0) is 21.5 Å². The molecular formula is C24H27ClN2O2. The molecule has 4 nitrogen and oxygen atoms in total. The lowest BCUT2D eigenvalue weighted by molar-refractivity contribution is -0.162. The number of hydrogen-bond donors (Lipinski definition) is 1. The van der Waals surface area contributed by atoms with Crippen molar-refractivity contribution in [3.8, 4) is 0 Å². The van der Waals surface area contributed by atoms with E-state index >= 15 is 0 Å². The molecule has 1 aliphatic carbocycles. The molecule has 152 valence electrons. The van der Waals surface area contributed by atoms with Crippen LogP contribution in [0.1, 0.15) is 50.2 Å². The van der Waals surface area contributed by atoms with Gasteiger partial charge in [-0.15, -0.1) is 0 Å². The van der Waals surface area contributed by atoms with Crippen molar-refractivity contribution >= 4 is 23.4 Å². The van der Waals surface area contributed by atoms with Crippen molar-refractivity contribution in [2.75, 3.05) is 6.54 Å². The molecule has 1 N–H and O–H groups in total. The molecule has 1 saturated heterocycles. The zero-order valence-electron chi connectivity index (χ0n) is 16.8. The lowest BCUT2D eigenvalue weighted by Crippen LogP contribution is -2.69. The summed E-state index contributed by atoms with van der Waals surface area (Å²) < 4.78 is 0. The minimum atomic E-state index is -0.784. The van der Waals surface area contributed by atoms with Crippen molar-refractivity contribution in [1.82, 2.24) is 10.2 Å². The number of carbonyl (C=O) groups excluding carboxylic acids is 2. The van der Waals surface area contributed by atoms with Gasteiger partial charge in [0.15, 0.2) is 0 Å². The van der Waals surface area contributed by atoms with Crippen LogP contribution in [0.3, 0.4) is 0 Å². The van der Waals surface area contributed by atoms with Crippen LogP contribution in [0.5, 0.6) is 0 Å². The summed E-state index contributed by atoms with van der Waals surface area (Å²) in [6.45, 7) is 2.95. The molecule has 2 fully saturated rings. The first-order valence-electron chi connectivity index (χ1n) is 10.4. The summed E-state index contributed by atoms with van der Waals surface area (Å²) in [5.74, 6) is 0.0184. The second kappa shape index (κ2) is 7.83. The SMILES string of the molecule is CC1(C(=O)NCc2ccc(Cl)cc2)CCN1C(=O)C1(c2ccccc2)CCCC1. The van der Waals surface area contributed by atoms with Gasteiger partial charge in [-0.1, -0.05) is 66.9 Å². The normalized spacial score (nSPS) is 22.8. The zero-order valence-corrected chi connectivity index (χ0v) is 17.5. The average Bonchev–Trinajstić information content (AvgIpc) is 3.23. The second-order valence-corrected chi connectivity index (χ2v) is 8.88. The van der Waals surface area contributed by atoms with Crippen LogP contribution in [0.2, 0.25) is 5.02 Å². The topological polar surface area (TPSA) is 49.4 Å². The van der Waals surface area contributed by atoms with Crippen LogP contribution in [0, 0.1) is 0 Å². The van der Waals surface area contributed by atoms with Crippen LogP contribution >= 0.6 is 11.6 Å². The molecule has 1 heterocycles. The van der Waals surface area contributed by atoms with Gasteiger partial charge < -0.3 is 10.2 Å². The van der Waals surface area contributed by atoms with Crippen LogP contribution < -0.4 is 5.32 Å². The Labute approximate surface area is 177 Å². The van der Waals surface area contributed by atoms with E-state index in [9.17, 15) is 9.59 Å². The number of nitrogens with zero attached hydrogens (tertiary/aromatic N) is 1. The minimum Gasteiger partial charge on any atom is -0.350 e.